The van der Waals surface area contributed by atoms with Gasteiger partial charge in [0.25, 0.3) is 5.91 Å². The largest absolute Gasteiger partial charge is 0.417 e. The number of amides is 1. The third-order valence-electron chi connectivity index (χ3n) is 4.31. The van der Waals surface area contributed by atoms with E-state index in [2.05, 4.69) is 4.98 Å². The number of H-pyrrole nitrogens is 1. The van der Waals surface area contributed by atoms with Crippen LogP contribution in [0.15, 0.2) is 27.4 Å². The van der Waals surface area contributed by atoms with E-state index in [1.807, 2.05) is 0 Å². The first-order chi connectivity index (χ1) is 11.2. The number of benzene rings is 1. The SMILES string of the molecule is O=C(c1cccc2[nH]c(=O)oc12)N1CCCC(O)(C(F)(F)F)CC1. The number of aromatic nitrogens is 1. The fourth-order valence-corrected chi connectivity index (χ4v) is 2.92. The minimum Gasteiger partial charge on any atom is -0.407 e. The van der Waals surface area contributed by atoms with E-state index in [4.69, 9.17) is 4.42 Å². The van der Waals surface area contributed by atoms with Crippen molar-refractivity contribution >= 4 is 17.0 Å². The molecule has 2 N–H and O–H groups in total. The normalized spacial score (nSPS) is 22.6. The van der Waals surface area contributed by atoms with Gasteiger partial charge in [-0.25, -0.2) is 4.79 Å². The molecular weight excluding hydrogens is 329 g/mol. The number of rotatable bonds is 1. The minimum atomic E-state index is -4.74. The van der Waals surface area contributed by atoms with Crippen molar-refractivity contribution in [2.45, 2.75) is 31.0 Å². The molecule has 2 heterocycles. The Kier molecular flexibility index (Phi) is 3.90. The first kappa shape index (κ1) is 16.6. The van der Waals surface area contributed by atoms with E-state index in [0.29, 0.717) is 5.52 Å². The third kappa shape index (κ3) is 2.79. The monoisotopic (exact) mass is 344 g/mol. The van der Waals surface area contributed by atoms with Crippen molar-refractivity contribution in [1.29, 1.82) is 0 Å². The fourth-order valence-electron chi connectivity index (χ4n) is 2.92. The lowest BCUT2D eigenvalue weighted by Crippen LogP contribution is -2.46. The lowest BCUT2D eigenvalue weighted by Gasteiger charge is -2.29. The molecular formula is C15H15F3N2O4. The van der Waals surface area contributed by atoms with Crippen LogP contribution in [0.1, 0.15) is 29.6 Å². The Balaban J connectivity index is 1.86. The summed E-state index contributed by atoms with van der Waals surface area (Å²) < 4.78 is 43.8. The summed E-state index contributed by atoms with van der Waals surface area (Å²) in [5.74, 6) is -1.25. The number of nitrogens with zero attached hydrogens (tertiary/aromatic N) is 1. The van der Waals surface area contributed by atoms with Gasteiger partial charge in [0, 0.05) is 19.5 Å². The van der Waals surface area contributed by atoms with Crippen LogP contribution < -0.4 is 5.76 Å². The van der Waals surface area contributed by atoms with Gasteiger partial charge in [0.1, 0.15) is 0 Å². The number of hydrogen-bond donors (Lipinski definition) is 2. The van der Waals surface area contributed by atoms with Gasteiger partial charge < -0.3 is 14.4 Å². The van der Waals surface area contributed by atoms with Crippen molar-refractivity contribution < 1.29 is 27.5 Å². The molecule has 0 spiro atoms. The number of nitrogens with one attached hydrogen (secondary N) is 1. The minimum absolute atomic E-state index is 0.0226. The standard InChI is InChI=1S/C15H15F3N2O4/c16-15(17,18)14(23)5-2-7-20(8-6-14)12(21)9-3-1-4-10-11(9)24-13(22)19-10/h1,3-4,23H,2,5-8H2,(H,19,22). The molecule has 1 atom stereocenters. The lowest BCUT2D eigenvalue weighted by molar-refractivity contribution is -0.263. The molecule has 130 valence electrons. The van der Waals surface area contributed by atoms with Crippen molar-refractivity contribution in [3.8, 4) is 0 Å². The topological polar surface area (TPSA) is 86.5 Å². The zero-order chi connectivity index (χ0) is 17.5. The molecule has 0 saturated carbocycles. The van der Waals surface area contributed by atoms with Crippen LogP contribution >= 0.6 is 0 Å². The van der Waals surface area contributed by atoms with Crippen molar-refractivity contribution in [3.05, 3.63) is 34.3 Å². The number of alkyl halides is 3. The highest BCUT2D eigenvalue weighted by molar-refractivity contribution is 6.04. The summed E-state index contributed by atoms with van der Waals surface area (Å²) in [5, 5.41) is 9.81. The number of halogens is 3. The number of carbonyl (C=O) groups is 1. The third-order valence-corrected chi connectivity index (χ3v) is 4.31. The van der Waals surface area contributed by atoms with Crippen molar-refractivity contribution in [2.24, 2.45) is 0 Å². The molecule has 1 saturated heterocycles. The molecule has 0 aliphatic carbocycles. The summed E-state index contributed by atoms with van der Waals surface area (Å²) in [7, 11) is 0. The quantitative estimate of drug-likeness (QED) is 0.829. The molecule has 1 unspecified atom stereocenters. The lowest BCUT2D eigenvalue weighted by atomic mass is 9.94. The average molecular weight is 344 g/mol. The van der Waals surface area contributed by atoms with E-state index in [0.717, 1.165) is 0 Å². The first-order valence-electron chi connectivity index (χ1n) is 7.41. The van der Waals surface area contributed by atoms with E-state index in [9.17, 15) is 27.9 Å². The van der Waals surface area contributed by atoms with Crippen molar-refractivity contribution in [1.82, 2.24) is 9.88 Å². The van der Waals surface area contributed by atoms with Gasteiger partial charge in [0.15, 0.2) is 11.2 Å². The Morgan fingerprint density at radius 1 is 1.29 bits per heavy atom. The highest BCUT2D eigenvalue weighted by Crippen LogP contribution is 2.38. The molecule has 2 aromatic rings. The smallest absolute Gasteiger partial charge is 0.407 e. The molecule has 24 heavy (non-hydrogen) atoms. The van der Waals surface area contributed by atoms with Crippen LogP contribution in [0, 0.1) is 0 Å². The molecule has 1 aromatic heterocycles. The van der Waals surface area contributed by atoms with E-state index < -0.39 is 36.3 Å². The Morgan fingerprint density at radius 2 is 2.04 bits per heavy atom. The van der Waals surface area contributed by atoms with Crippen LogP contribution in [0.3, 0.4) is 0 Å². The van der Waals surface area contributed by atoms with Crippen LogP contribution in [0.25, 0.3) is 11.1 Å². The Labute approximate surface area is 133 Å². The number of aromatic amines is 1. The summed E-state index contributed by atoms with van der Waals surface area (Å²) in [4.78, 5) is 27.6. The van der Waals surface area contributed by atoms with Gasteiger partial charge in [-0.3, -0.25) is 9.78 Å². The number of carbonyl (C=O) groups excluding carboxylic acids is 1. The van der Waals surface area contributed by atoms with Gasteiger partial charge in [-0.2, -0.15) is 13.2 Å². The summed E-state index contributed by atoms with van der Waals surface area (Å²) in [5.41, 5.74) is -2.27. The average Bonchev–Trinajstić information content (AvgIpc) is 2.76. The summed E-state index contributed by atoms with van der Waals surface area (Å²) in [6.07, 6.45) is -5.76. The Hall–Kier alpha value is -2.29. The number of fused-ring (bicyclic) bond motifs is 1. The first-order valence-corrected chi connectivity index (χ1v) is 7.41. The number of oxazole rings is 1. The van der Waals surface area contributed by atoms with E-state index in [-0.39, 0.29) is 30.7 Å². The second-order valence-corrected chi connectivity index (χ2v) is 5.87. The number of likely N-dealkylation sites (tertiary alicyclic amines) is 1. The molecule has 1 aliphatic heterocycles. The number of para-hydroxylation sites is 1. The van der Waals surface area contributed by atoms with Gasteiger partial charge in [-0.15, -0.1) is 0 Å². The fraction of sp³-hybridized carbons (Fsp3) is 0.467. The zero-order valence-electron chi connectivity index (χ0n) is 12.5. The predicted molar refractivity (Wildman–Crippen MR) is 77.6 cm³/mol. The molecule has 3 rings (SSSR count). The van der Waals surface area contributed by atoms with Crippen LogP contribution in [0.2, 0.25) is 0 Å². The molecule has 1 aliphatic rings. The number of aliphatic hydroxyl groups is 1. The van der Waals surface area contributed by atoms with Gasteiger partial charge in [-0.05, 0) is 25.0 Å². The predicted octanol–water partition coefficient (Wildman–Crippen LogP) is 2.04. The van der Waals surface area contributed by atoms with E-state index in [1.54, 1.807) is 12.1 Å². The number of hydrogen-bond acceptors (Lipinski definition) is 4. The van der Waals surface area contributed by atoms with Crippen molar-refractivity contribution in [2.75, 3.05) is 13.1 Å². The van der Waals surface area contributed by atoms with E-state index in [1.165, 1.54) is 11.0 Å². The molecule has 1 aromatic carbocycles. The Bertz CT molecular complexity index is 826. The molecule has 0 bridgehead atoms. The highest BCUT2D eigenvalue weighted by atomic mass is 19.4. The second kappa shape index (κ2) is 5.66. The molecule has 1 amide bonds. The van der Waals surface area contributed by atoms with Gasteiger partial charge in [-0.1, -0.05) is 6.07 Å². The van der Waals surface area contributed by atoms with Gasteiger partial charge >= 0.3 is 11.9 Å². The van der Waals surface area contributed by atoms with Crippen LogP contribution in [0.5, 0.6) is 0 Å². The van der Waals surface area contributed by atoms with E-state index >= 15 is 0 Å². The van der Waals surface area contributed by atoms with Crippen molar-refractivity contribution in [3.63, 3.8) is 0 Å². The molecule has 6 nitrogen and oxygen atoms in total. The van der Waals surface area contributed by atoms with Crippen LogP contribution in [-0.4, -0.2) is 45.8 Å². The summed E-state index contributed by atoms with van der Waals surface area (Å²) in [6.45, 7) is -0.151. The van der Waals surface area contributed by atoms with Gasteiger partial charge in [0.05, 0.1) is 11.1 Å². The zero-order valence-corrected chi connectivity index (χ0v) is 12.5. The molecule has 0 radical (unpaired) electrons. The second-order valence-electron chi connectivity index (χ2n) is 5.87. The van der Waals surface area contributed by atoms with Gasteiger partial charge in [0.2, 0.25) is 0 Å². The molecule has 1 fully saturated rings. The van der Waals surface area contributed by atoms with Crippen LogP contribution in [0.4, 0.5) is 13.2 Å². The summed E-state index contributed by atoms with van der Waals surface area (Å²) >= 11 is 0. The Morgan fingerprint density at radius 3 is 2.75 bits per heavy atom. The van der Waals surface area contributed by atoms with Crippen LogP contribution in [-0.2, 0) is 0 Å². The highest BCUT2D eigenvalue weighted by Gasteiger charge is 2.53. The maximum atomic E-state index is 13.0. The maximum Gasteiger partial charge on any atom is 0.417 e. The summed E-state index contributed by atoms with van der Waals surface area (Å²) in [6, 6.07) is 4.55. The maximum absolute atomic E-state index is 13.0. The molecule has 9 heteroatoms.